The summed E-state index contributed by atoms with van der Waals surface area (Å²) in [7, 11) is 1.75. The molecule has 0 bridgehead atoms. The third kappa shape index (κ3) is 4.14. The minimum atomic E-state index is -0.500. The number of rotatable bonds is 5. The normalized spacial score (nSPS) is 15.8. The Labute approximate surface area is 124 Å². The lowest BCUT2D eigenvalue weighted by atomic mass is 9.99. The average Bonchev–Trinajstić information content (AvgIpc) is 2.49. The van der Waals surface area contributed by atoms with Gasteiger partial charge in [-0.05, 0) is 31.7 Å². The van der Waals surface area contributed by atoms with Crippen LogP contribution in [0.15, 0.2) is 12.3 Å². The molecule has 1 amide bonds. The van der Waals surface area contributed by atoms with Gasteiger partial charge in [0.05, 0.1) is 11.8 Å². The maximum Gasteiger partial charge on any atom is 0.257 e. The maximum absolute atomic E-state index is 13.4. The second-order valence-electron chi connectivity index (χ2n) is 5.32. The van der Waals surface area contributed by atoms with Crippen molar-refractivity contribution in [3.05, 3.63) is 23.6 Å². The van der Waals surface area contributed by atoms with E-state index in [0.29, 0.717) is 24.8 Å². The molecule has 0 radical (unpaired) electrons. The zero-order valence-electron chi connectivity index (χ0n) is 12.6. The zero-order chi connectivity index (χ0) is 15.2. The quantitative estimate of drug-likeness (QED) is 0.904. The number of amides is 1. The van der Waals surface area contributed by atoms with Crippen LogP contribution in [0, 0.1) is 11.7 Å². The minimum absolute atomic E-state index is 0.204. The number of ether oxygens (including phenoxy) is 1. The van der Waals surface area contributed by atoms with Gasteiger partial charge < -0.3 is 15.0 Å². The van der Waals surface area contributed by atoms with E-state index in [1.165, 1.54) is 6.07 Å². The van der Waals surface area contributed by atoms with E-state index in [1.54, 1.807) is 11.9 Å². The summed E-state index contributed by atoms with van der Waals surface area (Å²) in [5.74, 6) is 0.170. The van der Waals surface area contributed by atoms with Crippen LogP contribution in [0.4, 0.5) is 10.2 Å². The van der Waals surface area contributed by atoms with Crippen molar-refractivity contribution in [2.24, 2.45) is 5.92 Å². The van der Waals surface area contributed by atoms with Crippen molar-refractivity contribution in [1.82, 2.24) is 9.88 Å². The van der Waals surface area contributed by atoms with E-state index in [4.69, 9.17) is 4.74 Å². The summed E-state index contributed by atoms with van der Waals surface area (Å²) in [4.78, 5) is 18.1. The summed E-state index contributed by atoms with van der Waals surface area (Å²) in [5, 5.41) is 3.00. The van der Waals surface area contributed by atoms with Crippen molar-refractivity contribution in [1.29, 1.82) is 0 Å². The smallest absolute Gasteiger partial charge is 0.257 e. The summed E-state index contributed by atoms with van der Waals surface area (Å²) in [6, 6.07) is 1.24. The fourth-order valence-corrected chi connectivity index (χ4v) is 2.52. The summed E-state index contributed by atoms with van der Waals surface area (Å²) in [6.07, 6.45) is 3.03. The first-order chi connectivity index (χ1) is 10.1. The van der Waals surface area contributed by atoms with E-state index in [2.05, 4.69) is 10.3 Å². The Bertz CT molecular complexity index is 490. The highest BCUT2D eigenvalue weighted by Gasteiger charge is 2.22. The van der Waals surface area contributed by atoms with Crippen LogP contribution in [-0.4, -0.2) is 49.1 Å². The number of hydrogen-bond acceptors (Lipinski definition) is 4. The predicted molar refractivity (Wildman–Crippen MR) is 78.9 cm³/mol. The third-order valence-corrected chi connectivity index (χ3v) is 3.65. The molecule has 0 aliphatic carbocycles. The summed E-state index contributed by atoms with van der Waals surface area (Å²) in [5.41, 5.74) is 0.284. The highest BCUT2D eigenvalue weighted by Crippen LogP contribution is 2.19. The van der Waals surface area contributed by atoms with Gasteiger partial charge >= 0.3 is 0 Å². The second-order valence-corrected chi connectivity index (χ2v) is 5.32. The Balaban J connectivity index is 2.08. The van der Waals surface area contributed by atoms with Crippen molar-refractivity contribution in [3.8, 4) is 0 Å². The molecule has 1 aliphatic rings. The molecule has 6 heteroatoms. The van der Waals surface area contributed by atoms with Crippen LogP contribution < -0.4 is 5.32 Å². The van der Waals surface area contributed by atoms with E-state index in [9.17, 15) is 9.18 Å². The SMILES string of the molecule is CCNc1ncc(F)cc1C(=O)N(C)CC1CCOCC1. The third-order valence-electron chi connectivity index (χ3n) is 3.65. The number of carbonyl (C=O) groups excluding carboxylic acids is 1. The lowest BCUT2D eigenvalue weighted by Crippen LogP contribution is -2.34. The first kappa shape index (κ1) is 15.7. The summed E-state index contributed by atoms with van der Waals surface area (Å²) in [6.45, 7) is 4.69. The second kappa shape index (κ2) is 7.36. The largest absolute Gasteiger partial charge is 0.381 e. The molecule has 1 N–H and O–H groups in total. The maximum atomic E-state index is 13.4. The van der Waals surface area contributed by atoms with E-state index >= 15 is 0 Å². The van der Waals surface area contributed by atoms with Gasteiger partial charge in [0.2, 0.25) is 0 Å². The van der Waals surface area contributed by atoms with E-state index in [-0.39, 0.29) is 11.5 Å². The molecule has 1 aromatic heterocycles. The van der Waals surface area contributed by atoms with Crippen LogP contribution in [0.2, 0.25) is 0 Å². The van der Waals surface area contributed by atoms with Gasteiger partial charge in [0.15, 0.2) is 0 Å². The molecule has 5 nitrogen and oxygen atoms in total. The highest BCUT2D eigenvalue weighted by atomic mass is 19.1. The van der Waals surface area contributed by atoms with Gasteiger partial charge in [-0.25, -0.2) is 9.37 Å². The Hall–Kier alpha value is -1.69. The van der Waals surface area contributed by atoms with E-state index < -0.39 is 5.82 Å². The van der Waals surface area contributed by atoms with Crippen LogP contribution in [0.3, 0.4) is 0 Å². The molecule has 0 aromatic carbocycles. The predicted octanol–water partition coefficient (Wildman–Crippen LogP) is 2.15. The van der Waals surface area contributed by atoms with E-state index in [0.717, 1.165) is 32.3 Å². The molecule has 0 atom stereocenters. The number of nitrogens with zero attached hydrogens (tertiary/aromatic N) is 2. The highest BCUT2D eigenvalue weighted by molar-refractivity contribution is 5.98. The van der Waals surface area contributed by atoms with Crippen LogP contribution in [0.25, 0.3) is 0 Å². The minimum Gasteiger partial charge on any atom is -0.381 e. The van der Waals surface area contributed by atoms with Crippen LogP contribution in [0.1, 0.15) is 30.1 Å². The van der Waals surface area contributed by atoms with Gasteiger partial charge in [0.1, 0.15) is 11.6 Å². The standard InChI is InChI=1S/C15H22FN3O2/c1-3-17-14-13(8-12(16)9-18-14)15(20)19(2)10-11-4-6-21-7-5-11/h8-9,11H,3-7,10H2,1-2H3,(H,17,18). The first-order valence-electron chi connectivity index (χ1n) is 7.34. The van der Waals surface area contributed by atoms with Crippen molar-refractivity contribution in [3.63, 3.8) is 0 Å². The number of halogens is 1. The van der Waals surface area contributed by atoms with Gasteiger partial charge in [0.25, 0.3) is 5.91 Å². The lowest BCUT2D eigenvalue weighted by Gasteiger charge is -2.27. The van der Waals surface area contributed by atoms with Gasteiger partial charge in [-0.15, -0.1) is 0 Å². The number of carbonyl (C=O) groups is 1. The Morgan fingerprint density at radius 1 is 1.52 bits per heavy atom. The number of aromatic nitrogens is 1. The average molecular weight is 295 g/mol. The van der Waals surface area contributed by atoms with Gasteiger partial charge in [0, 0.05) is 33.4 Å². The molecule has 2 rings (SSSR count). The summed E-state index contributed by atoms with van der Waals surface area (Å²) < 4.78 is 18.7. The molecule has 0 spiro atoms. The summed E-state index contributed by atoms with van der Waals surface area (Å²) >= 11 is 0. The molecule has 1 saturated heterocycles. The Kier molecular flexibility index (Phi) is 5.50. The van der Waals surface area contributed by atoms with Crippen molar-refractivity contribution < 1.29 is 13.9 Å². The molecule has 116 valence electrons. The monoisotopic (exact) mass is 295 g/mol. The first-order valence-corrected chi connectivity index (χ1v) is 7.34. The zero-order valence-corrected chi connectivity index (χ0v) is 12.6. The molecule has 0 unspecified atom stereocenters. The van der Waals surface area contributed by atoms with Crippen molar-refractivity contribution >= 4 is 11.7 Å². The Morgan fingerprint density at radius 3 is 2.90 bits per heavy atom. The number of hydrogen-bond donors (Lipinski definition) is 1. The van der Waals surface area contributed by atoms with Crippen LogP contribution in [0.5, 0.6) is 0 Å². The molecule has 1 aromatic rings. The molecule has 1 fully saturated rings. The topological polar surface area (TPSA) is 54.5 Å². The molecule has 2 heterocycles. The lowest BCUT2D eigenvalue weighted by molar-refractivity contribution is 0.0497. The molecular formula is C15H22FN3O2. The number of anilines is 1. The molecular weight excluding hydrogens is 273 g/mol. The van der Waals surface area contributed by atoms with E-state index in [1.807, 2.05) is 6.92 Å². The Morgan fingerprint density at radius 2 is 2.24 bits per heavy atom. The van der Waals surface area contributed by atoms with Crippen molar-refractivity contribution in [2.45, 2.75) is 19.8 Å². The number of pyridine rings is 1. The fraction of sp³-hybridized carbons (Fsp3) is 0.600. The van der Waals surface area contributed by atoms with Gasteiger partial charge in [-0.2, -0.15) is 0 Å². The van der Waals surface area contributed by atoms with Gasteiger partial charge in [-0.1, -0.05) is 0 Å². The molecule has 21 heavy (non-hydrogen) atoms. The fourth-order valence-electron chi connectivity index (χ4n) is 2.52. The van der Waals surface area contributed by atoms with Crippen LogP contribution in [-0.2, 0) is 4.74 Å². The molecule has 1 aliphatic heterocycles. The van der Waals surface area contributed by atoms with Crippen LogP contribution >= 0.6 is 0 Å². The number of nitrogens with one attached hydrogen (secondary N) is 1. The van der Waals surface area contributed by atoms with Gasteiger partial charge in [-0.3, -0.25) is 4.79 Å². The molecule has 0 saturated carbocycles. The van der Waals surface area contributed by atoms with Crippen molar-refractivity contribution in [2.75, 3.05) is 38.7 Å².